The summed E-state index contributed by atoms with van der Waals surface area (Å²) in [6.07, 6.45) is 4.84. The van der Waals surface area contributed by atoms with Crippen LogP contribution in [-0.4, -0.2) is 47.8 Å². The number of nitrogens with one attached hydrogen (secondary N) is 1. The fourth-order valence-corrected chi connectivity index (χ4v) is 7.32. The van der Waals surface area contributed by atoms with Crippen LogP contribution in [0.5, 0.6) is 0 Å². The number of halogens is 1. The number of benzene rings is 3. The zero-order chi connectivity index (χ0) is 26.6. The molecule has 0 spiro atoms. The first-order valence-electron chi connectivity index (χ1n) is 14.7. The van der Waals surface area contributed by atoms with Gasteiger partial charge in [-0.25, -0.2) is 4.39 Å². The highest BCUT2D eigenvalue weighted by atomic mass is 19.1. The van der Waals surface area contributed by atoms with E-state index in [4.69, 9.17) is 0 Å². The lowest BCUT2D eigenvalue weighted by molar-refractivity contribution is -0.127. The maximum absolute atomic E-state index is 13.1. The summed E-state index contributed by atoms with van der Waals surface area (Å²) in [5.74, 6) is 2.43. The second kappa shape index (κ2) is 12.0. The van der Waals surface area contributed by atoms with Crippen LogP contribution in [0.4, 0.5) is 10.1 Å². The number of carbonyl (C=O) groups is 1. The van der Waals surface area contributed by atoms with E-state index in [9.17, 15) is 9.18 Å². The fourth-order valence-electron chi connectivity index (χ4n) is 7.32. The molecule has 4 nitrogen and oxygen atoms in total. The van der Waals surface area contributed by atoms with E-state index in [1.54, 1.807) is 0 Å². The number of piperidine rings is 2. The summed E-state index contributed by atoms with van der Waals surface area (Å²) in [7, 11) is 0. The van der Waals surface area contributed by atoms with E-state index in [0.717, 1.165) is 57.8 Å². The molecule has 2 aliphatic carbocycles. The van der Waals surface area contributed by atoms with E-state index in [2.05, 4.69) is 69.7 Å². The molecule has 4 aliphatic rings. The molecule has 1 N–H and O–H groups in total. The average Bonchev–Trinajstić information content (AvgIpc) is 3.29. The summed E-state index contributed by atoms with van der Waals surface area (Å²) < 4.78 is 13.1. The SMILES string of the molecule is Fc1ccc(NC2[C@@H]3CC[C@H]2CN(Cc2ccccc2)C3)cc1.O=C1C2CCC1CN(Cc1ccccc1)C2. The van der Waals surface area contributed by atoms with Crippen molar-refractivity contribution in [1.82, 2.24) is 9.80 Å². The molecular formula is C34H40FN3O. The van der Waals surface area contributed by atoms with Gasteiger partial charge in [0.25, 0.3) is 0 Å². The first-order valence-corrected chi connectivity index (χ1v) is 14.7. The summed E-state index contributed by atoms with van der Waals surface area (Å²) in [4.78, 5) is 16.8. The van der Waals surface area contributed by atoms with E-state index in [1.165, 1.54) is 36.1 Å². The molecule has 4 bridgehead atoms. The fraction of sp³-hybridized carbons (Fsp3) is 0.441. The summed E-state index contributed by atoms with van der Waals surface area (Å²) in [5, 5.41) is 3.66. The number of hydrogen-bond acceptors (Lipinski definition) is 4. The van der Waals surface area contributed by atoms with E-state index in [0.29, 0.717) is 35.5 Å². The Morgan fingerprint density at radius 1 is 0.641 bits per heavy atom. The zero-order valence-corrected chi connectivity index (χ0v) is 22.7. The normalized spacial score (nSPS) is 28.1. The molecule has 5 atom stereocenters. The molecule has 2 heterocycles. The lowest BCUT2D eigenvalue weighted by Gasteiger charge is -2.39. The van der Waals surface area contributed by atoms with Crippen molar-refractivity contribution in [2.24, 2.45) is 23.7 Å². The van der Waals surface area contributed by atoms with Crippen LogP contribution in [0, 0.1) is 29.5 Å². The van der Waals surface area contributed by atoms with Gasteiger partial charge in [0.15, 0.2) is 0 Å². The predicted octanol–water partition coefficient (Wildman–Crippen LogP) is 6.25. The molecule has 0 radical (unpaired) electrons. The summed E-state index contributed by atoms with van der Waals surface area (Å²) >= 11 is 0. The third-order valence-electron chi connectivity index (χ3n) is 9.21. The van der Waals surface area contributed by atoms with Crippen LogP contribution in [0.1, 0.15) is 36.8 Å². The van der Waals surface area contributed by atoms with Crippen molar-refractivity contribution in [1.29, 1.82) is 0 Å². The van der Waals surface area contributed by atoms with Gasteiger partial charge in [0.1, 0.15) is 11.6 Å². The first kappa shape index (κ1) is 26.2. The van der Waals surface area contributed by atoms with Gasteiger partial charge in [-0.3, -0.25) is 14.6 Å². The number of likely N-dealkylation sites (tertiary alicyclic amines) is 2. The monoisotopic (exact) mass is 525 g/mol. The summed E-state index contributed by atoms with van der Waals surface area (Å²) in [6, 6.07) is 28.6. The van der Waals surface area contributed by atoms with Crippen LogP contribution < -0.4 is 5.32 Å². The van der Waals surface area contributed by atoms with Crippen molar-refractivity contribution in [3.63, 3.8) is 0 Å². The molecule has 39 heavy (non-hydrogen) atoms. The highest BCUT2D eigenvalue weighted by molar-refractivity contribution is 5.86. The summed E-state index contributed by atoms with van der Waals surface area (Å²) in [6.45, 7) is 6.32. The Balaban J connectivity index is 0.000000151. The van der Waals surface area contributed by atoms with Gasteiger partial charge in [-0.05, 0) is 72.9 Å². The Morgan fingerprint density at radius 3 is 1.64 bits per heavy atom. The van der Waals surface area contributed by atoms with Crippen molar-refractivity contribution in [3.05, 3.63) is 102 Å². The van der Waals surface area contributed by atoms with Crippen LogP contribution in [0.15, 0.2) is 84.9 Å². The molecule has 2 aliphatic heterocycles. The Kier molecular flexibility index (Phi) is 8.08. The van der Waals surface area contributed by atoms with Crippen molar-refractivity contribution < 1.29 is 9.18 Å². The largest absolute Gasteiger partial charge is 0.382 e. The molecule has 3 unspecified atom stereocenters. The van der Waals surface area contributed by atoms with Gasteiger partial charge in [0.2, 0.25) is 0 Å². The molecule has 2 saturated heterocycles. The summed E-state index contributed by atoms with van der Waals surface area (Å²) in [5.41, 5.74) is 3.80. The smallest absolute Gasteiger partial charge is 0.141 e. The third-order valence-corrected chi connectivity index (χ3v) is 9.21. The Bertz CT molecular complexity index is 1190. The number of ketones is 1. The van der Waals surface area contributed by atoms with Gasteiger partial charge >= 0.3 is 0 Å². The van der Waals surface area contributed by atoms with Crippen LogP contribution >= 0.6 is 0 Å². The topological polar surface area (TPSA) is 35.6 Å². The first-order chi connectivity index (χ1) is 19.1. The molecule has 3 aromatic carbocycles. The van der Waals surface area contributed by atoms with E-state index in [1.807, 2.05) is 18.2 Å². The van der Waals surface area contributed by atoms with Gasteiger partial charge in [0, 0.05) is 62.8 Å². The van der Waals surface area contributed by atoms with Crippen molar-refractivity contribution >= 4 is 11.5 Å². The van der Waals surface area contributed by atoms with Crippen LogP contribution in [-0.2, 0) is 17.9 Å². The molecule has 3 aromatic rings. The molecule has 0 amide bonds. The third kappa shape index (κ3) is 6.42. The number of nitrogens with zero attached hydrogens (tertiary/aromatic N) is 2. The molecule has 7 rings (SSSR count). The standard InChI is InChI=1S/C20H23FN2.C14H17NO/c21-18-8-10-19(11-9-18)22-20-16-6-7-17(20)14-23(13-16)12-15-4-2-1-3-5-15;16-14-12-6-7-13(14)10-15(9-12)8-11-4-2-1-3-5-11/h1-5,8-11,16-17,20,22H,6-7,12-14H2;1-5,12-13H,6-10H2/t16-,17+,20?;. The number of hydrogen-bond donors (Lipinski definition) is 1. The predicted molar refractivity (Wildman–Crippen MR) is 155 cm³/mol. The van der Waals surface area contributed by atoms with Gasteiger partial charge in [-0.2, -0.15) is 0 Å². The average molecular weight is 526 g/mol. The van der Waals surface area contributed by atoms with Crippen molar-refractivity contribution in [3.8, 4) is 0 Å². The number of carbonyl (C=O) groups excluding carboxylic acids is 1. The molecule has 0 aromatic heterocycles. The highest BCUT2D eigenvalue weighted by Crippen LogP contribution is 2.39. The minimum absolute atomic E-state index is 0.170. The van der Waals surface area contributed by atoms with Gasteiger partial charge < -0.3 is 5.32 Å². The van der Waals surface area contributed by atoms with Crippen molar-refractivity contribution in [2.45, 2.75) is 44.8 Å². The Labute approximate surface area is 232 Å². The van der Waals surface area contributed by atoms with E-state index >= 15 is 0 Å². The van der Waals surface area contributed by atoms with E-state index < -0.39 is 0 Å². The van der Waals surface area contributed by atoms with Crippen LogP contribution in [0.2, 0.25) is 0 Å². The Morgan fingerprint density at radius 2 is 1.13 bits per heavy atom. The number of Topliss-reactive ketones (excluding diaryl/α,β-unsaturated/α-hetero) is 1. The molecule has 204 valence electrons. The Hall–Kier alpha value is -3.02. The highest BCUT2D eigenvalue weighted by Gasteiger charge is 2.42. The minimum Gasteiger partial charge on any atom is -0.382 e. The minimum atomic E-state index is -0.170. The van der Waals surface area contributed by atoms with Gasteiger partial charge in [0.05, 0.1) is 0 Å². The molecular weight excluding hydrogens is 485 g/mol. The maximum atomic E-state index is 13.1. The second-order valence-electron chi connectivity index (χ2n) is 12.0. The number of rotatable bonds is 6. The number of anilines is 1. The van der Waals surface area contributed by atoms with Crippen LogP contribution in [0.25, 0.3) is 0 Å². The lowest BCUT2D eigenvalue weighted by atomic mass is 9.91. The van der Waals surface area contributed by atoms with Gasteiger partial charge in [-0.15, -0.1) is 0 Å². The quantitative estimate of drug-likeness (QED) is 0.413. The maximum Gasteiger partial charge on any atom is 0.141 e. The van der Waals surface area contributed by atoms with Crippen molar-refractivity contribution in [2.75, 3.05) is 31.5 Å². The molecule has 5 heteroatoms. The molecule has 2 saturated carbocycles. The lowest BCUT2D eigenvalue weighted by Crippen LogP contribution is -2.47. The van der Waals surface area contributed by atoms with Crippen LogP contribution in [0.3, 0.4) is 0 Å². The number of fused-ring (bicyclic) bond motifs is 4. The van der Waals surface area contributed by atoms with Gasteiger partial charge in [-0.1, -0.05) is 60.7 Å². The van der Waals surface area contributed by atoms with E-state index in [-0.39, 0.29) is 5.82 Å². The molecule has 4 fully saturated rings. The zero-order valence-electron chi connectivity index (χ0n) is 22.7. The second-order valence-corrected chi connectivity index (χ2v) is 12.0.